The molecule has 3 aromatic rings. The van der Waals surface area contributed by atoms with Crippen molar-refractivity contribution in [1.82, 2.24) is 25.2 Å². The lowest BCUT2D eigenvalue weighted by molar-refractivity contribution is -0.118. The maximum atomic E-state index is 11.5. The quantitative estimate of drug-likeness (QED) is 0.505. The molecule has 1 saturated heterocycles. The topological polar surface area (TPSA) is 102 Å². The standard InChI is InChI=1S/C24H27ClN6O3/c1-33-22-5-3-19-23(30-22)17(18(25)12-27-19)7-9-31-8-6-15(13-31)10-26-11-16-2-4-20-24(28-16)29-21(32)14-34-20/h2-5,12,15,26H,6-11,13-14H2,1H3,(H,28,29,32)/t15-/m0/s1. The number of hydrogen-bond acceptors (Lipinski definition) is 8. The predicted molar refractivity (Wildman–Crippen MR) is 129 cm³/mol. The highest BCUT2D eigenvalue weighted by molar-refractivity contribution is 6.32. The smallest absolute Gasteiger partial charge is 0.263 e. The van der Waals surface area contributed by atoms with Gasteiger partial charge in [-0.25, -0.2) is 9.97 Å². The van der Waals surface area contributed by atoms with Crippen molar-refractivity contribution in [2.75, 3.05) is 45.2 Å². The van der Waals surface area contributed by atoms with Crippen LogP contribution in [-0.4, -0.2) is 65.7 Å². The Hall–Kier alpha value is -3.01. The van der Waals surface area contributed by atoms with Gasteiger partial charge in [-0.2, -0.15) is 0 Å². The number of carbonyl (C=O) groups is 1. The summed E-state index contributed by atoms with van der Waals surface area (Å²) < 4.78 is 10.6. The van der Waals surface area contributed by atoms with Gasteiger partial charge in [0.15, 0.2) is 18.2 Å². The van der Waals surface area contributed by atoms with Crippen molar-refractivity contribution < 1.29 is 14.3 Å². The van der Waals surface area contributed by atoms with E-state index in [1.165, 1.54) is 0 Å². The molecule has 1 fully saturated rings. The molecular formula is C24H27ClN6O3. The molecule has 2 aliphatic rings. The summed E-state index contributed by atoms with van der Waals surface area (Å²) in [6, 6.07) is 7.51. The maximum Gasteiger partial charge on any atom is 0.263 e. The van der Waals surface area contributed by atoms with Crippen molar-refractivity contribution in [3.05, 3.63) is 46.7 Å². The van der Waals surface area contributed by atoms with E-state index >= 15 is 0 Å². The summed E-state index contributed by atoms with van der Waals surface area (Å²) in [4.78, 5) is 27.4. The molecule has 1 atom stereocenters. The van der Waals surface area contributed by atoms with E-state index in [1.54, 1.807) is 13.3 Å². The number of methoxy groups -OCH3 is 1. The second kappa shape index (κ2) is 10.1. The van der Waals surface area contributed by atoms with Crippen molar-refractivity contribution in [2.24, 2.45) is 5.92 Å². The summed E-state index contributed by atoms with van der Waals surface area (Å²) in [7, 11) is 1.61. The molecule has 0 saturated carbocycles. The maximum absolute atomic E-state index is 11.5. The Bertz CT molecular complexity index is 1210. The molecule has 1 amide bonds. The molecule has 10 heteroatoms. The van der Waals surface area contributed by atoms with Gasteiger partial charge in [-0.05, 0) is 50.0 Å². The number of nitrogens with zero attached hydrogens (tertiary/aromatic N) is 4. The van der Waals surface area contributed by atoms with Crippen molar-refractivity contribution in [2.45, 2.75) is 19.4 Å². The van der Waals surface area contributed by atoms with Gasteiger partial charge in [0.2, 0.25) is 5.88 Å². The number of hydrogen-bond donors (Lipinski definition) is 2. The number of ether oxygens (including phenoxy) is 2. The number of amides is 1. The molecule has 0 bridgehead atoms. The Labute approximate surface area is 202 Å². The number of carbonyl (C=O) groups excluding carboxylic acids is 1. The Morgan fingerprint density at radius 2 is 2.21 bits per heavy atom. The van der Waals surface area contributed by atoms with Crippen LogP contribution in [0.4, 0.5) is 5.82 Å². The zero-order valence-electron chi connectivity index (χ0n) is 19.0. The van der Waals surface area contributed by atoms with Gasteiger partial charge in [0.1, 0.15) is 0 Å². The fraction of sp³-hybridized carbons (Fsp3) is 0.417. The first-order chi connectivity index (χ1) is 16.6. The van der Waals surface area contributed by atoms with Gasteiger partial charge in [-0.3, -0.25) is 9.78 Å². The van der Waals surface area contributed by atoms with Crippen LogP contribution in [0.15, 0.2) is 30.5 Å². The van der Waals surface area contributed by atoms with Crippen LogP contribution in [-0.2, 0) is 17.8 Å². The molecule has 5 heterocycles. The van der Waals surface area contributed by atoms with Crippen molar-refractivity contribution in [1.29, 1.82) is 0 Å². The van der Waals surface area contributed by atoms with Crippen molar-refractivity contribution in [3.63, 3.8) is 0 Å². The summed E-state index contributed by atoms with van der Waals surface area (Å²) >= 11 is 6.48. The van der Waals surface area contributed by atoms with Crippen LogP contribution in [0.3, 0.4) is 0 Å². The molecule has 0 spiro atoms. The number of nitrogens with one attached hydrogen (secondary N) is 2. The highest BCUT2D eigenvalue weighted by Gasteiger charge is 2.23. The van der Waals surface area contributed by atoms with Gasteiger partial charge >= 0.3 is 0 Å². The number of anilines is 1. The molecule has 2 N–H and O–H groups in total. The number of rotatable bonds is 8. The van der Waals surface area contributed by atoms with Crippen molar-refractivity contribution >= 4 is 34.4 Å². The molecule has 178 valence electrons. The number of fused-ring (bicyclic) bond motifs is 2. The largest absolute Gasteiger partial charge is 0.481 e. The number of pyridine rings is 3. The molecule has 34 heavy (non-hydrogen) atoms. The second-order valence-corrected chi connectivity index (χ2v) is 9.04. The number of aromatic nitrogens is 3. The predicted octanol–water partition coefficient (Wildman–Crippen LogP) is 2.67. The monoisotopic (exact) mass is 482 g/mol. The fourth-order valence-electron chi connectivity index (χ4n) is 4.49. The van der Waals surface area contributed by atoms with E-state index in [0.717, 1.165) is 61.3 Å². The molecule has 0 unspecified atom stereocenters. The van der Waals surface area contributed by atoms with Gasteiger partial charge in [0.05, 0.1) is 28.9 Å². The number of likely N-dealkylation sites (tertiary alicyclic amines) is 1. The van der Waals surface area contributed by atoms with Crippen LogP contribution >= 0.6 is 11.6 Å². The van der Waals surface area contributed by atoms with Gasteiger partial charge in [0.25, 0.3) is 5.91 Å². The minimum Gasteiger partial charge on any atom is -0.481 e. The SMILES string of the molecule is COc1ccc2ncc(Cl)c(CCN3CC[C@@H](CNCc4ccc5c(n4)NC(=O)CO5)C3)c2n1. The molecular weight excluding hydrogens is 456 g/mol. The highest BCUT2D eigenvalue weighted by Crippen LogP contribution is 2.27. The van der Waals surface area contributed by atoms with Crippen molar-refractivity contribution in [3.8, 4) is 11.6 Å². The Morgan fingerprint density at radius 1 is 1.29 bits per heavy atom. The third kappa shape index (κ3) is 5.06. The van der Waals surface area contributed by atoms with Gasteiger partial charge in [0, 0.05) is 37.5 Å². The molecule has 9 nitrogen and oxygen atoms in total. The summed E-state index contributed by atoms with van der Waals surface area (Å²) in [5.41, 5.74) is 3.53. The van der Waals surface area contributed by atoms with Gasteiger partial charge < -0.3 is 25.0 Å². The van der Waals surface area contributed by atoms with E-state index in [2.05, 4.69) is 30.5 Å². The zero-order valence-corrected chi connectivity index (χ0v) is 19.8. The van der Waals surface area contributed by atoms with Crippen LogP contribution in [0.25, 0.3) is 11.0 Å². The molecule has 0 aliphatic carbocycles. The highest BCUT2D eigenvalue weighted by atomic mass is 35.5. The average molecular weight is 483 g/mol. The van der Waals surface area contributed by atoms with Gasteiger partial charge in [-0.1, -0.05) is 11.6 Å². The summed E-state index contributed by atoms with van der Waals surface area (Å²) in [5, 5.41) is 6.90. The molecule has 2 aliphatic heterocycles. The van der Waals surface area contributed by atoms with Crippen LogP contribution < -0.4 is 20.1 Å². The van der Waals surface area contributed by atoms with E-state index in [9.17, 15) is 4.79 Å². The minimum absolute atomic E-state index is 0.0404. The van der Waals surface area contributed by atoms with Crippen LogP contribution in [0.5, 0.6) is 11.6 Å². The van der Waals surface area contributed by atoms with Crippen LogP contribution in [0.2, 0.25) is 5.02 Å². The van der Waals surface area contributed by atoms with E-state index in [-0.39, 0.29) is 12.5 Å². The molecule has 0 radical (unpaired) electrons. The first kappa shape index (κ1) is 22.8. The minimum atomic E-state index is -0.174. The second-order valence-electron chi connectivity index (χ2n) is 8.63. The number of halogens is 1. The average Bonchev–Trinajstić information content (AvgIpc) is 3.30. The third-order valence-electron chi connectivity index (χ3n) is 6.27. The van der Waals surface area contributed by atoms with E-state index in [4.69, 9.17) is 21.1 Å². The third-order valence-corrected chi connectivity index (χ3v) is 6.59. The Morgan fingerprint density at radius 3 is 3.09 bits per heavy atom. The lowest BCUT2D eigenvalue weighted by Gasteiger charge is -2.18. The Balaban J connectivity index is 1.12. The Kier molecular flexibility index (Phi) is 6.75. The van der Waals surface area contributed by atoms with E-state index in [0.29, 0.717) is 34.9 Å². The van der Waals surface area contributed by atoms with E-state index in [1.807, 2.05) is 24.3 Å². The fourth-order valence-corrected chi connectivity index (χ4v) is 4.72. The lowest BCUT2D eigenvalue weighted by atomic mass is 10.1. The summed E-state index contributed by atoms with van der Waals surface area (Å²) in [5.74, 6) is 2.08. The zero-order chi connectivity index (χ0) is 23.5. The van der Waals surface area contributed by atoms with E-state index < -0.39 is 0 Å². The lowest BCUT2D eigenvalue weighted by Crippen LogP contribution is -2.28. The molecule has 3 aromatic heterocycles. The van der Waals surface area contributed by atoms with Crippen LogP contribution in [0.1, 0.15) is 17.7 Å². The summed E-state index contributed by atoms with van der Waals surface area (Å²) in [6.07, 6.45) is 3.66. The first-order valence-electron chi connectivity index (χ1n) is 11.4. The van der Waals surface area contributed by atoms with Crippen LogP contribution in [0, 0.1) is 5.92 Å². The molecule has 0 aromatic carbocycles. The normalized spacial score (nSPS) is 17.9. The summed E-state index contributed by atoms with van der Waals surface area (Å²) in [6.45, 7) is 4.61. The van der Waals surface area contributed by atoms with Gasteiger partial charge in [-0.15, -0.1) is 0 Å². The first-order valence-corrected chi connectivity index (χ1v) is 11.8. The molecule has 5 rings (SSSR count).